The minimum Gasteiger partial charge on any atom is -0.371 e. The molecule has 5 heteroatoms. The maximum Gasteiger partial charge on any atom is 0.136 e. The van der Waals surface area contributed by atoms with Gasteiger partial charge in [0.1, 0.15) is 11.9 Å². The van der Waals surface area contributed by atoms with Gasteiger partial charge in [0.05, 0.1) is 0 Å². The van der Waals surface area contributed by atoms with Gasteiger partial charge >= 0.3 is 0 Å². The summed E-state index contributed by atoms with van der Waals surface area (Å²) in [6, 6.07) is 10.6. The van der Waals surface area contributed by atoms with Gasteiger partial charge in [0.25, 0.3) is 0 Å². The van der Waals surface area contributed by atoms with Gasteiger partial charge in [0, 0.05) is 34.5 Å². The molecular formula is C16H16BrN3S. The molecule has 0 saturated carbocycles. The van der Waals surface area contributed by atoms with Crippen molar-refractivity contribution in [1.82, 2.24) is 9.55 Å². The molecule has 2 heterocycles. The van der Waals surface area contributed by atoms with Crippen molar-refractivity contribution in [2.45, 2.75) is 13.0 Å². The van der Waals surface area contributed by atoms with E-state index >= 15 is 0 Å². The highest BCUT2D eigenvalue weighted by Crippen LogP contribution is 2.30. The van der Waals surface area contributed by atoms with Gasteiger partial charge in [0.2, 0.25) is 0 Å². The standard InChI is InChI=1S/C16H16BrN3S/c1-11-5-6-12(10-13(11)17)19-15(14-4-3-9-21-14)16-18-7-8-20(16)2/h3-10,15,19H,1-2H3. The van der Waals surface area contributed by atoms with E-state index in [1.807, 2.05) is 19.4 Å². The topological polar surface area (TPSA) is 29.9 Å². The van der Waals surface area contributed by atoms with Gasteiger partial charge in [-0.15, -0.1) is 11.3 Å². The second kappa shape index (κ2) is 6.03. The summed E-state index contributed by atoms with van der Waals surface area (Å²) in [5, 5.41) is 5.69. The van der Waals surface area contributed by atoms with Crippen LogP contribution in [0.25, 0.3) is 0 Å². The van der Waals surface area contributed by atoms with Crippen molar-refractivity contribution < 1.29 is 0 Å². The fourth-order valence-corrected chi connectivity index (χ4v) is 3.37. The Hall–Kier alpha value is -1.59. The lowest BCUT2D eigenvalue weighted by Crippen LogP contribution is -2.15. The van der Waals surface area contributed by atoms with Gasteiger partial charge in [-0.1, -0.05) is 28.1 Å². The molecule has 0 saturated heterocycles. The Bertz CT molecular complexity index is 734. The number of thiophene rings is 1. The SMILES string of the molecule is Cc1ccc(NC(c2cccs2)c2nccn2C)cc1Br. The van der Waals surface area contributed by atoms with Gasteiger partial charge in [0.15, 0.2) is 0 Å². The molecule has 0 bridgehead atoms. The first kappa shape index (κ1) is 14.4. The lowest BCUT2D eigenvalue weighted by Gasteiger charge is -2.19. The Morgan fingerprint density at radius 1 is 1.33 bits per heavy atom. The quantitative estimate of drug-likeness (QED) is 0.726. The molecule has 0 aliphatic heterocycles. The molecule has 2 aromatic heterocycles. The molecule has 108 valence electrons. The lowest BCUT2D eigenvalue weighted by molar-refractivity contribution is 0.756. The Labute approximate surface area is 136 Å². The third-order valence-electron chi connectivity index (χ3n) is 3.43. The van der Waals surface area contributed by atoms with E-state index in [9.17, 15) is 0 Å². The van der Waals surface area contributed by atoms with E-state index in [0.717, 1.165) is 16.0 Å². The summed E-state index contributed by atoms with van der Waals surface area (Å²) in [5.41, 5.74) is 2.30. The predicted molar refractivity (Wildman–Crippen MR) is 91.9 cm³/mol. The molecule has 0 aliphatic rings. The van der Waals surface area contributed by atoms with Gasteiger partial charge in [-0.05, 0) is 36.1 Å². The zero-order valence-corrected chi connectivity index (χ0v) is 14.3. The third-order valence-corrected chi connectivity index (χ3v) is 5.22. The molecule has 1 atom stereocenters. The number of hydrogen-bond acceptors (Lipinski definition) is 3. The number of hydrogen-bond donors (Lipinski definition) is 1. The molecule has 1 N–H and O–H groups in total. The van der Waals surface area contributed by atoms with E-state index in [0.29, 0.717) is 0 Å². The predicted octanol–water partition coefficient (Wildman–Crippen LogP) is 4.75. The summed E-state index contributed by atoms with van der Waals surface area (Å²) in [6.45, 7) is 2.09. The molecule has 3 aromatic rings. The Morgan fingerprint density at radius 2 is 2.19 bits per heavy atom. The molecule has 0 spiro atoms. The van der Waals surface area contributed by atoms with Crippen molar-refractivity contribution in [1.29, 1.82) is 0 Å². The summed E-state index contributed by atoms with van der Waals surface area (Å²) < 4.78 is 3.16. The van der Waals surface area contributed by atoms with Crippen molar-refractivity contribution in [3.05, 3.63) is 68.8 Å². The van der Waals surface area contributed by atoms with E-state index in [1.54, 1.807) is 11.3 Å². The first-order chi connectivity index (χ1) is 10.1. The van der Waals surface area contributed by atoms with Crippen LogP contribution in [0.1, 0.15) is 22.3 Å². The Morgan fingerprint density at radius 3 is 2.81 bits per heavy atom. The van der Waals surface area contributed by atoms with Crippen molar-refractivity contribution in [2.75, 3.05) is 5.32 Å². The molecule has 0 fully saturated rings. The number of halogens is 1. The zero-order valence-electron chi connectivity index (χ0n) is 11.9. The van der Waals surface area contributed by atoms with Crippen LogP contribution < -0.4 is 5.32 Å². The monoisotopic (exact) mass is 361 g/mol. The van der Waals surface area contributed by atoms with Crippen molar-refractivity contribution in [2.24, 2.45) is 7.05 Å². The number of benzene rings is 1. The van der Waals surface area contributed by atoms with E-state index in [-0.39, 0.29) is 6.04 Å². The van der Waals surface area contributed by atoms with E-state index < -0.39 is 0 Å². The molecule has 1 unspecified atom stereocenters. The number of imidazole rings is 1. The van der Waals surface area contributed by atoms with Crippen LogP contribution in [0.5, 0.6) is 0 Å². The van der Waals surface area contributed by atoms with Gasteiger partial charge in [-0.2, -0.15) is 0 Å². The minimum atomic E-state index is 0.0552. The first-order valence-corrected chi connectivity index (χ1v) is 8.36. The summed E-state index contributed by atoms with van der Waals surface area (Å²) in [6.07, 6.45) is 3.81. The van der Waals surface area contributed by atoms with Crippen molar-refractivity contribution in [3.8, 4) is 0 Å². The summed E-state index contributed by atoms with van der Waals surface area (Å²) in [4.78, 5) is 5.75. The molecule has 3 nitrogen and oxygen atoms in total. The second-order valence-electron chi connectivity index (χ2n) is 4.95. The summed E-state index contributed by atoms with van der Waals surface area (Å²) in [5.74, 6) is 1.01. The van der Waals surface area contributed by atoms with Crippen LogP contribution in [-0.4, -0.2) is 9.55 Å². The van der Waals surface area contributed by atoms with Crippen molar-refractivity contribution >= 4 is 33.0 Å². The van der Waals surface area contributed by atoms with Gasteiger partial charge in [-0.25, -0.2) is 4.98 Å². The number of nitrogens with one attached hydrogen (secondary N) is 1. The average molecular weight is 362 g/mol. The molecule has 0 aliphatic carbocycles. The lowest BCUT2D eigenvalue weighted by atomic mass is 10.2. The van der Waals surface area contributed by atoms with Crippen LogP contribution >= 0.6 is 27.3 Å². The Balaban J connectivity index is 1.97. The molecule has 0 amide bonds. The first-order valence-electron chi connectivity index (χ1n) is 6.68. The maximum atomic E-state index is 4.50. The van der Waals surface area contributed by atoms with Crippen LogP contribution in [0.3, 0.4) is 0 Å². The van der Waals surface area contributed by atoms with E-state index in [1.165, 1.54) is 10.4 Å². The highest BCUT2D eigenvalue weighted by atomic mass is 79.9. The van der Waals surface area contributed by atoms with E-state index in [4.69, 9.17) is 0 Å². The number of aromatic nitrogens is 2. The molecule has 1 aromatic carbocycles. The molecule has 3 rings (SSSR count). The second-order valence-corrected chi connectivity index (χ2v) is 6.79. The molecule has 21 heavy (non-hydrogen) atoms. The highest BCUT2D eigenvalue weighted by molar-refractivity contribution is 9.10. The highest BCUT2D eigenvalue weighted by Gasteiger charge is 2.19. The van der Waals surface area contributed by atoms with Gasteiger partial charge in [-0.3, -0.25) is 0 Å². The minimum absolute atomic E-state index is 0.0552. The number of anilines is 1. The number of rotatable bonds is 4. The smallest absolute Gasteiger partial charge is 0.136 e. The average Bonchev–Trinajstić information content (AvgIpc) is 3.12. The van der Waals surface area contributed by atoms with Crippen LogP contribution in [0.2, 0.25) is 0 Å². The maximum absolute atomic E-state index is 4.50. The molecule has 0 radical (unpaired) electrons. The van der Waals surface area contributed by atoms with Crippen LogP contribution in [-0.2, 0) is 7.05 Å². The van der Waals surface area contributed by atoms with Crippen molar-refractivity contribution in [3.63, 3.8) is 0 Å². The third kappa shape index (κ3) is 3.04. The number of nitrogens with zero attached hydrogens (tertiary/aromatic N) is 2. The largest absolute Gasteiger partial charge is 0.371 e. The van der Waals surface area contributed by atoms with E-state index in [2.05, 4.69) is 73.4 Å². The van der Waals surface area contributed by atoms with Crippen LogP contribution in [0, 0.1) is 6.92 Å². The Kier molecular flexibility index (Phi) is 4.12. The zero-order chi connectivity index (χ0) is 14.8. The molecular weight excluding hydrogens is 346 g/mol. The normalized spacial score (nSPS) is 12.3. The summed E-state index contributed by atoms with van der Waals surface area (Å²) >= 11 is 5.33. The van der Waals surface area contributed by atoms with Gasteiger partial charge < -0.3 is 9.88 Å². The van der Waals surface area contributed by atoms with Crippen LogP contribution in [0.4, 0.5) is 5.69 Å². The fourth-order valence-electron chi connectivity index (χ4n) is 2.22. The summed E-state index contributed by atoms with van der Waals surface area (Å²) in [7, 11) is 2.02. The fraction of sp³-hybridized carbons (Fsp3) is 0.188. The number of aryl methyl sites for hydroxylation is 2. The van der Waals surface area contributed by atoms with Crippen LogP contribution in [0.15, 0.2) is 52.6 Å².